The minimum absolute atomic E-state index is 0.146. The van der Waals surface area contributed by atoms with Gasteiger partial charge >= 0.3 is 0 Å². The Balaban J connectivity index is 1.47. The molecule has 0 spiro atoms. The predicted molar refractivity (Wildman–Crippen MR) is 110 cm³/mol. The van der Waals surface area contributed by atoms with Crippen molar-refractivity contribution in [2.24, 2.45) is 0 Å². The van der Waals surface area contributed by atoms with Gasteiger partial charge in [0.2, 0.25) is 0 Å². The SMILES string of the molecule is Cc1c(C(=O)NCCn2c(C)nc3ccccc32)cnn1-c1cccc(Cl)c1. The van der Waals surface area contributed by atoms with Crippen molar-refractivity contribution in [2.45, 2.75) is 20.4 Å². The highest BCUT2D eigenvalue weighted by atomic mass is 35.5. The molecule has 1 N–H and O–H groups in total. The van der Waals surface area contributed by atoms with E-state index in [0.717, 1.165) is 28.2 Å². The third-order valence-corrected chi connectivity index (χ3v) is 5.01. The second-order valence-corrected chi connectivity index (χ2v) is 7.03. The number of hydrogen-bond acceptors (Lipinski definition) is 3. The van der Waals surface area contributed by atoms with Crippen LogP contribution in [-0.2, 0) is 6.54 Å². The van der Waals surface area contributed by atoms with Gasteiger partial charge in [-0.15, -0.1) is 0 Å². The quantitative estimate of drug-likeness (QED) is 0.558. The molecule has 0 atom stereocenters. The van der Waals surface area contributed by atoms with Gasteiger partial charge < -0.3 is 9.88 Å². The van der Waals surface area contributed by atoms with Crippen LogP contribution in [0.2, 0.25) is 5.02 Å². The lowest BCUT2D eigenvalue weighted by molar-refractivity contribution is 0.0951. The van der Waals surface area contributed by atoms with Crippen LogP contribution in [0.3, 0.4) is 0 Å². The van der Waals surface area contributed by atoms with Crippen molar-refractivity contribution in [3.8, 4) is 5.69 Å². The summed E-state index contributed by atoms with van der Waals surface area (Å²) in [5.74, 6) is 0.785. The maximum absolute atomic E-state index is 12.6. The number of halogens is 1. The molecule has 2 heterocycles. The summed E-state index contributed by atoms with van der Waals surface area (Å²) in [6, 6.07) is 15.4. The molecule has 0 aliphatic carbocycles. The van der Waals surface area contributed by atoms with Crippen LogP contribution in [-0.4, -0.2) is 31.8 Å². The minimum atomic E-state index is -0.146. The van der Waals surface area contributed by atoms with E-state index in [9.17, 15) is 4.79 Å². The fraction of sp³-hybridized carbons (Fsp3) is 0.190. The Hall–Kier alpha value is -3.12. The number of nitrogens with zero attached hydrogens (tertiary/aromatic N) is 4. The second-order valence-electron chi connectivity index (χ2n) is 6.59. The molecule has 0 saturated carbocycles. The van der Waals surface area contributed by atoms with Crippen molar-refractivity contribution in [2.75, 3.05) is 6.54 Å². The Bertz CT molecular complexity index is 1160. The molecule has 2 aromatic heterocycles. The van der Waals surface area contributed by atoms with Gasteiger partial charge in [0, 0.05) is 18.1 Å². The van der Waals surface area contributed by atoms with Crippen molar-refractivity contribution in [3.63, 3.8) is 0 Å². The first kappa shape index (κ1) is 18.3. The van der Waals surface area contributed by atoms with Crippen LogP contribution in [0.15, 0.2) is 54.7 Å². The Morgan fingerprint density at radius 3 is 2.79 bits per heavy atom. The van der Waals surface area contributed by atoms with E-state index in [2.05, 4.69) is 20.0 Å². The highest BCUT2D eigenvalue weighted by Crippen LogP contribution is 2.18. The number of amides is 1. The summed E-state index contributed by atoms with van der Waals surface area (Å²) >= 11 is 6.06. The number of imidazole rings is 1. The number of nitrogens with one attached hydrogen (secondary N) is 1. The van der Waals surface area contributed by atoms with Crippen molar-refractivity contribution in [1.29, 1.82) is 0 Å². The molecule has 7 heteroatoms. The maximum atomic E-state index is 12.6. The van der Waals surface area contributed by atoms with Crippen LogP contribution in [0.5, 0.6) is 0 Å². The van der Waals surface area contributed by atoms with E-state index in [4.69, 9.17) is 11.6 Å². The van der Waals surface area contributed by atoms with Crippen LogP contribution < -0.4 is 5.32 Å². The van der Waals surface area contributed by atoms with Gasteiger partial charge in [0.25, 0.3) is 5.91 Å². The van der Waals surface area contributed by atoms with Gasteiger partial charge in [0.15, 0.2) is 0 Å². The number of aromatic nitrogens is 4. The summed E-state index contributed by atoms with van der Waals surface area (Å²) in [5, 5.41) is 7.95. The molecule has 4 rings (SSSR count). The number of carbonyl (C=O) groups excluding carboxylic acids is 1. The van der Waals surface area contributed by atoms with Gasteiger partial charge in [-0.1, -0.05) is 29.8 Å². The molecule has 0 aliphatic rings. The average molecular weight is 394 g/mol. The van der Waals surface area contributed by atoms with E-state index < -0.39 is 0 Å². The van der Waals surface area contributed by atoms with Crippen LogP contribution in [0, 0.1) is 13.8 Å². The molecule has 4 aromatic rings. The lowest BCUT2D eigenvalue weighted by atomic mass is 10.2. The third kappa shape index (κ3) is 3.39. The molecule has 28 heavy (non-hydrogen) atoms. The minimum Gasteiger partial charge on any atom is -0.350 e. The number of hydrogen-bond donors (Lipinski definition) is 1. The molecule has 142 valence electrons. The number of rotatable bonds is 5. The number of para-hydroxylation sites is 2. The molecule has 6 nitrogen and oxygen atoms in total. The summed E-state index contributed by atoms with van der Waals surface area (Å²) in [7, 11) is 0. The fourth-order valence-electron chi connectivity index (χ4n) is 3.36. The predicted octanol–water partition coefficient (Wildman–Crippen LogP) is 3.92. The molecule has 0 radical (unpaired) electrons. The summed E-state index contributed by atoms with van der Waals surface area (Å²) in [6.45, 7) is 5.00. The highest BCUT2D eigenvalue weighted by molar-refractivity contribution is 6.30. The number of carbonyl (C=O) groups is 1. The Morgan fingerprint density at radius 2 is 1.96 bits per heavy atom. The largest absolute Gasteiger partial charge is 0.350 e. The molecule has 1 amide bonds. The van der Waals surface area contributed by atoms with Gasteiger partial charge in [-0.05, 0) is 44.2 Å². The standard InChI is InChI=1S/C21H20ClN5O/c1-14-18(13-24-27(14)17-7-5-6-16(22)12-17)21(28)23-10-11-26-15(2)25-19-8-3-4-9-20(19)26/h3-9,12-13H,10-11H2,1-2H3,(H,23,28). The zero-order valence-corrected chi connectivity index (χ0v) is 16.4. The zero-order valence-electron chi connectivity index (χ0n) is 15.7. The molecule has 0 saturated heterocycles. The number of benzene rings is 2. The molecule has 0 aliphatic heterocycles. The van der Waals surface area contributed by atoms with E-state index in [0.29, 0.717) is 23.7 Å². The van der Waals surface area contributed by atoms with Gasteiger partial charge in [-0.25, -0.2) is 9.67 Å². The number of aryl methyl sites for hydroxylation is 1. The highest BCUT2D eigenvalue weighted by Gasteiger charge is 2.15. The molecule has 0 unspecified atom stereocenters. The second kappa shape index (κ2) is 7.48. The zero-order chi connectivity index (χ0) is 19.7. The van der Waals surface area contributed by atoms with E-state index >= 15 is 0 Å². The first-order valence-corrected chi connectivity index (χ1v) is 9.43. The van der Waals surface area contributed by atoms with Crippen LogP contribution >= 0.6 is 11.6 Å². The first-order chi connectivity index (χ1) is 13.5. The monoisotopic (exact) mass is 393 g/mol. The Labute approximate surface area is 167 Å². The summed E-state index contributed by atoms with van der Waals surface area (Å²) in [4.78, 5) is 17.2. The van der Waals surface area contributed by atoms with Crippen molar-refractivity contribution < 1.29 is 4.79 Å². The Morgan fingerprint density at radius 1 is 1.14 bits per heavy atom. The molecule has 0 bridgehead atoms. The van der Waals surface area contributed by atoms with E-state index in [1.165, 1.54) is 0 Å². The fourth-order valence-corrected chi connectivity index (χ4v) is 3.54. The van der Waals surface area contributed by atoms with Gasteiger partial charge in [-0.3, -0.25) is 4.79 Å². The van der Waals surface area contributed by atoms with Crippen LogP contribution in [0.1, 0.15) is 21.9 Å². The lowest BCUT2D eigenvalue weighted by Crippen LogP contribution is -2.27. The van der Waals surface area contributed by atoms with Crippen LogP contribution in [0.25, 0.3) is 16.7 Å². The molecular formula is C21H20ClN5O. The van der Waals surface area contributed by atoms with Crippen molar-refractivity contribution >= 4 is 28.5 Å². The van der Waals surface area contributed by atoms with E-state index in [1.807, 2.05) is 56.3 Å². The van der Waals surface area contributed by atoms with E-state index in [1.54, 1.807) is 16.9 Å². The van der Waals surface area contributed by atoms with E-state index in [-0.39, 0.29) is 5.91 Å². The van der Waals surface area contributed by atoms with Crippen molar-refractivity contribution in [3.05, 3.63) is 76.8 Å². The Kier molecular flexibility index (Phi) is 4.88. The summed E-state index contributed by atoms with van der Waals surface area (Å²) in [5.41, 5.74) is 4.17. The third-order valence-electron chi connectivity index (χ3n) is 4.77. The van der Waals surface area contributed by atoms with Crippen molar-refractivity contribution in [1.82, 2.24) is 24.6 Å². The summed E-state index contributed by atoms with van der Waals surface area (Å²) < 4.78 is 3.83. The summed E-state index contributed by atoms with van der Waals surface area (Å²) in [6.07, 6.45) is 1.59. The maximum Gasteiger partial charge on any atom is 0.254 e. The average Bonchev–Trinajstić information content (AvgIpc) is 3.21. The van der Waals surface area contributed by atoms with Crippen LogP contribution in [0.4, 0.5) is 0 Å². The smallest absolute Gasteiger partial charge is 0.254 e. The molecule has 0 fully saturated rings. The lowest BCUT2D eigenvalue weighted by Gasteiger charge is -2.09. The van der Waals surface area contributed by atoms with Gasteiger partial charge in [0.05, 0.1) is 34.2 Å². The first-order valence-electron chi connectivity index (χ1n) is 9.05. The molecule has 2 aromatic carbocycles. The topological polar surface area (TPSA) is 64.7 Å². The number of fused-ring (bicyclic) bond motifs is 1. The van der Waals surface area contributed by atoms with Gasteiger partial charge in [-0.2, -0.15) is 5.10 Å². The molecular weight excluding hydrogens is 374 g/mol. The normalized spacial score (nSPS) is 11.1. The van der Waals surface area contributed by atoms with Gasteiger partial charge in [0.1, 0.15) is 5.82 Å².